The van der Waals surface area contributed by atoms with Crippen molar-refractivity contribution < 1.29 is 29.3 Å². The summed E-state index contributed by atoms with van der Waals surface area (Å²) >= 11 is 0. The van der Waals surface area contributed by atoms with E-state index >= 15 is 0 Å². The van der Waals surface area contributed by atoms with Gasteiger partial charge in [-0.15, -0.1) is 0 Å². The first kappa shape index (κ1) is 20.9. The average Bonchev–Trinajstić information content (AvgIpc) is 2.66. The third-order valence-corrected chi connectivity index (χ3v) is 6.35. The summed E-state index contributed by atoms with van der Waals surface area (Å²) in [6.07, 6.45) is 2.88. The molecule has 2 saturated carbocycles. The van der Waals surface area contributed by atoms with E-state index in [-0.39, 0.29) is 18.4 Å². The van der Waals surface area contributed by atoms with Crippen molar-refractivity contribution in [2.24, 2.45) is 17.8 Å². The topological polar surface area (TPSA) is 104 Å². The minimum absolute atomic E-state index is 0.0751. The zero-order valence-electron chi connectivity index (χ0n) is 17.0. The van der Waals surface area contributed by atoms with Crippen molar-refractivity contribution in [3.63, 3.8) is 0 Å². The average molecular weight is 423 g/mol. The first-order valence-electron chi connectivity index (χ1n) is 10.5. The number of benzene rings is 2. The van der Waals surface area contributed by atoms with Crippen LogP contribution in [0.2, 0.25) is 0 Å². The first-order chi connectivity index (χ1) is 14.9. The van der Waals surface area contributed by atoms with Crippen LogP contribution in [0.25, 0.3) is 0 Å². The van der Waals surface area contributed by atoms with Gasteiger partial charge in [-0.1, -0.05) is 30.3 Å². The Labute approximate surface area is 180 Å². The second kappa shape index (κ2) is 8.79. The van der Waals surface area contributed by atoms with Crippen LogP contribution in [0.3, 0.4) is 0 Å². The maximum Gasteiger partial charge on any atom is 0.308 e. The molecule has 0 bridgehead atoms. The van der Waals surface area contributed by atoms with Crippen LogP contribution in [0.4, 0.5) is 0 Å². The summed E-state index contributed by atoms with van der Waals surface area (Å²) in [5.41, 5.74) is 0.918. The largest absolute Gasteiger partial charge is 0.481 e. The molecule has 0 radical (unpaired) electrons. The molecule has 2 aliphatic rings. The van der Waals surface area contributed by atoms with Crippen LogP contribution in [0.15, 0.2) is 54.6 Å². The smallest absolute Gasteiger partial charge is 0.308 e. The van der Waals surface area contributed by atoms with Crippen molar-refractivity contribution in [2.45, 2.75) is 38.3 Å². The van der Waals surface area contributed by atoms with Crippen LogP contribution in [0, 0.1) is 17.8 Å². The molecular formula is C24H25NO6. The first-order valence-corrected chi connectivity index (χ1v) is 10.5. The predicted molar refractivity (Wildman–Crippen MR) is 112 cm³/mol. The van der Waals surface area contributed by atoms with E-state index in [9.17, 15) is 24.6 Å². The minimum atomic E-state index is -1.21. The van der Waals surface area contributed by atoms with Crippen molar-refractivity contribution in [3.8, 4) is 11.5 Å². The monoisotopic (exact) mass is 423 g/mol. The van der Waals surface area contributed by atoms with Gasteiger partial charge in [-0.25, -0.2) is 0 Å². The van der Waals surface area contributed by atoms with Crippen LogP contribution >= 0.6 is 0 Å². The van der Waals surface area contributed by atoms with Crippen LogP contribution < -0.4 is 4.74 Å². The Morgan fingerprint density at radius 1 is 0.871 bits per heavy atom. The number of carboxylic acid groups (broad SMARTS) is 2. The van der Waals surface area contributed by atoms with Gasteiger partial charge in [0.1, 0.15) is 11.5 Å². The Hall–Kier alpha value is -3.35. The van der Waals surface area contributed by atoms with Crippen molar-refractivity contribution in [2.75, 3.05) is 0 Å². The lowest BCUT2D eigenvalue weighted by molar-refractivity contribution is -0.173. The van der Waals surface area contributed by atoms with E-state index in [0.29, 0.717) is 12.3 Å². The molecule has 3 unspecified atom stereocenters. The van der Waals surface area contributed by atoms with E-state index in [1.807, 2.05) is 54.6 Å². The molecule has 1 amide bonds. The van der Waals surface area contributed by atoms with Gasteiger partial charge in [0, 0.05) is 12.6 Å². The number of carbonyl (C=O) groups excluding carboxylic acids is 1. The standard InChI is InChI=1S/C24H25NO6/c26-22(19-13-20(23(27)28)21(19)24(29)30)25(16-5-4-6-16)14-15-9-11-18(12-10-15)31-17-7-2-1-3-8-17/h1-3,7-12,16,19-21H,4-6,13-14H2,(H,27,28)(H,29,30). The molecule has 2 N–H and O–H groups in total. The maximum absolute atomic E-state index is 13.2. The molecule has 0 saturated heterocycles. The number of nitrogens with zero attached hydrogens (tertiary/aromatic N) is 1. The number of rotatable bonds is 8. The second-order valence-corrected chi connectivity index (χ2v) is 8.26. The number of para-hydroxylation sites is 1. The molecule has 2 aliphatic carbocycles. The summed E-state index contributed by atoms with van der Waals surface area (Å²) in [6, 6.07) is 17.0. The third kappa shape index (κ3) is 4.40. The van der Waals surface area contributed by atoms with E-state index in [4.69, 9.17) is 4.74 Å². The number of ether oxygens (including phenoxy) is 1. The second-order valence-electron chi connectivity index (χ2n) is 8.26. The van der Waals surface area contributed by atoms with E-state index in [1.165, 1.54) is 0 Å². The fraction of sp³-hybridized carbons (Fsp3) is 0.375. The number of amides is 1. The Morgan fingerprint density at radius 2 is 1.52 bits per heavy atom. The van der Waals surface area contributed by atoms with E-state index in [1.54, 1.807) is 4.90 Å². The van der Waals surface area contributed by atoms with Gasteiger partial charge in [-0.05, 0) is 55.5 Å². The van der Waals surface area contributed by atoms with Crippen molar-refractivity contribution >= 4 is 17.8 Å². The van der Waals surface area contributed by atoms with Crippen molar-refractivity contribution in [1.82, 2.24) is 4.90 Å². The maximum atomic E-state index is 13.2. The van der Waals surface area contributed by atoms with Gasteiger partial charge in [-0.2, -0.15) is 0 Å². The molecule has 7 nitrogen and oxygen atoms in total. The van der Waals surface area contributed by atoms with Crippen molar-refractivity contribution in [1.29, 1.82) is 0 Å². The highest BCUT2D eigenvalue weighted by molar-refractivity contribution is 5.91. The highest BCUT2D eigenvalue weighted by Gasteiger charge is 2.54. The number of aliphatic carboxylic acids is 2. The van der Waals surface area contributed by atoms with Gasteiger partial charge in [0.05, 0.1) is 17.8 Å². The number of hydrogen-bond donors (Lipinski definition) is 2. The SMILES string of the molecule is O=C(O)C1CC(C(=O)N(Cc2ccc(Oc3ccccc3)cc2)C2CCC2)C1C(=O)O. The van der Waals surface area contributed by atoms with E-state index in [0.717, 1.165) is 30.6 Å². The predicted octanol–water partition coefficient (Wildman–Crippen LogP) is 3.78. The molecule has 0 heterocycles. The highest BCUT2D eigenvalue weighted by atomic mass is 16.5. The Morgan fingerprint density at radius 3 is 2.06 bits per heavy atom. The fourth-order valence-corrected chi connectivity index (χ4v) is 4.29. The van der Waals surface area contributed by atoms with Gasteiger partial charge in [-0.3, -0.25) is 14.4 Å². The summed E-state index contributed by atoms with van der Waals surface area (Å²) in [7, 11) is 0. The molecule has 31 heavy (non-hydrogen) atoms. The van der Waals surface area contributed by atoms with Gasteiger partial charge in [0.25, 0.3) is 0 Å². The van der Waals surface area contributed by atoms with Gasteiger partial charge in [0.15, 0.2) is 0 Å². The number of hydrogen-bond acceptors (Lipinski definition) is 4. The lowest BCUT2D eigenvalue weighted by Gasteiger charge is -2.45. The summed E-state index contributed by atoms with van der Waals surface area (Å²) in [5, 5.41) is 18.7. The summed E-state index contributed by atoms with van der Waals surface area (Å²) in [6.45, 7) is 0.371. The Bertz CT molecular complexity index is 954. The van der Waals surface area contributed by atoms with Gasteiger partial charge >= 0.3 is 11.9 Å². The normalized spacial score (nSPS) is 22.6. The Kier molecular flexibility index (Phi) is 5.93. The Balaban J connectivity index is 1.46. The van der Waals surface area contributed by atoms with Crippen LogP contribution in [0.5, 0.6) is 11.5 Å². The summed E-state index contributed by atoms with van der Waals surface area (Å²) in [5.74, 6) is -4.13. The van der Waals surface area contributed by atoms with Crippen LogP contribution in [-0.2, 0) is 20.9 Å². The zero-order valence-corrected chi connectivity index (χ0v) is 17.0. The fourth-order valence-electron chi connectivity index (χ4n) is 4.29. The molecule has 0 aromatic heterocycles. The van der Waals surface area contributed by atoms with E-state index < -0.39 is 29.7 Å². The van der Waals surface area contributed by atoms with E-state index in [2.05, 4.69) is 0 Å². The molecule has 7 heteroatoms. The van der Waals surface area contributed by atoms with Crippen LogP contribution in [-0.4, -0.2) is 39.0 Å². The van der Waals surface area contributed by atoms with Gasteiger partial charge < -0.3 is 19.8 Å². The molecule has 0 aliphatic heterocycles. The molecule has 2 aromatic rings. The molecular weight excluding hydrogens is 398 g/mol. The van der Waals surface area contributed by atoms with Crippen molar-refractivity contribution in [3.05, 3.63) is 60.2 Å². The molecule has 2 fully saturated rings. The molecule has 162 valence electrons. The zero-order chi connectivity index (χ0) is 22.0. The quantitative estimate of drug-likeness (QED) is 0.670. The van der Waals surface area contributed by atoms with Gasteiger partial charge in [0.2, 0.25) is 5.91 Å². The molecule has 2 aromatic carbocycles. The molecule has 0 spiro atoms. The summed E-state index contributed by atoms with van der Waals surface area (Å²) < 4.78 is 5.80. The lowest BCUT2D eigenvalue weighted by atomic mass is 9.63. The third-order valence-electron chi connectivity index (χ3n) is 6.35. The van der Waals surface area contributed by atoms with Crippen LogP contribution in [0.1, 0.15) is 31.2 Å². The summed E-state index contributed by atoms with van der Waals surface area (Å²) in [4.78, 5) is 37.8. The number of carbonyl (C=O) groups is 3. The molecule has 3 atom stereocenters. The number of carboxylic acids is 2. The minimum Gasteiger partial charge on any atom is -0.481 e. The highest BCUT2D eigenvalue weighted by Crippen LogP contribution is 2.43. The lowest BCUT2D eigenvalue weighted by Crippen LogP contribution is -2.56. The molecule has 4 rings (SSSR count).